The van der Waals surface area contributed by atoms with E-state index in [1.54, 1.807) is 4.90 Å². The number of carbonyl (C=O) groups excluding carboxylic acids is 1. The second-order valence-corrected chi connectivity index (χ2v) is 9.77. The Balaban J connectivity index is 1.73. The van der Waals surface area contributed by atoms with Gasteiger partial charge in [0.15, 0.2) is 0 Å². The molecule has 1 saturated heterocycles. The average Bonchev–Trinajstić information content (AvgIpc) is 3.18. The summed E-state index contributed by atoms with van der Waals surface area (Å²) in [5.41, 5.74) is -0.446. The Morgan fingerprint density at radius 3 is 2.52 bits per heavy atom. The van der Waals surface area contributed by atoms with Crippen molar-refractivity contribution in [2.45, 2.75) is 38.0 Å². The van der Waals surface area contributed by atoms with Crippen molar-refractivity contribution in [1.82, 2.24) is 9.62 Å². The predicted molar refractivity (Wildman–Crippen MR) is 99.8 cm³/mol. The Hall–Kier alpha value is -1.93. The number of aliphatic carboxylic acids is 1. The zero-order valence-electron chi connectivity index (χ0n) is 15.6. The highest BCUT2D eigenvalue weighted by atomic mass is 32.2. The quantitative estimate of drug-likeness (QED) is 0.767. The molecule has 1 saturated carbocycles. The maximum absolute atomic E-state index is 12.8. The molecule has 1 aliphatic carbocycles. The summed E-state index contributed by atoms with van der Waals surface area (Å²) in [5.74, 6) is -0.877. The van der Waals surface area contributed by atoms with Gasteiger partial charge in [-0.05, 0) is 48.9 Å². The van der Waals surface area contributed by atoms with Crippen LogP contribution in [0.25, 0.3) is 0 Å². The van der Waals surface area contributed by atoms with Crippen molar-refractivity contribution in [3.63, 3.8) is 0 Å². The van der Waals surface area contributed by atoms with Crippen molar-refractivity contribution in [2.24, 2.45) is 17.3 Å². The molecule has 1 aromatic rings. The summed E-state index contributed by atoms with van der Waals surface area (Å²) in [6, 6.07) is 5.82. The van der Waals surface area contributed by atoms with Crippen LogP contribution in [0.3, 0.4) is 0 Å². The fraction of sp³-hybridized carbons (Fsp3) is 0.579. The summed E-state index contributed by atoms with van der Waals surface area (Å²) in [5, 5.41) is 9.65. The molecule has 1 aliphatic heterocycles. The molecule has 27 heavy (non-hydrogen) atoms. The minimum absolute atomic E-state index is 0.00108. The van der Waals surface area contributed by atoms with Crippen LogP contribution in [-0.2, 0) is 14.8 Å². The lowest BCUT2D eigenvalue weighted by atomic mass is 9.81. The van der Waals surface area contributed by atoms with Crippen molar-refractivity contribution < 1.29 is 23.1 Å². The zero-order valence-corrected chi connectivity index (χ0v) is 16.5. The fourth-order valence-electron chi connectivity index (χ4n) is 4.11. The molecule has 2 aliphatic rings. The molecule has 0 bridgehead atoms. The maximum Gasteiger partial charge on any atom is 0.311 e. The number of benzene rings is 1. The number of nitrogens with one attached hydrogen (secondary N) is 1. The third kappa shape index (κ3) is 3.73. The van der Waals surface area contributed by atoms with Crippen LogP contribution in [-0.4, -0.2) is 49.9 Å². The largest absolute Gasteiger partial charge is 0.481 e. The van der Waals surface area contributed by atoms with E-state index in [0.29, 0.717) is 25.1 Å². The first kappa shape index (κ1) is 19.8. The Labute approximate surface area is 159 Å². The molecule has 8 heteroatoms. The highest BCUT2D eigenvalue weighted by molar-refractivity contribution is 7.89. The summed E-state index contributed by atoms with van der Waals surface area (Å²) in [4.78, 5) is 26.3. The minimum Gasteiger partial charge on any atom is -0.481 e. The van der Waals surface area contributed by atoms with Crippen LogP contribution in [0.4, 0.5) is 0 Å². The van der Waals surface area contributed by atoms with E-state index in [4.69, 9.17) is 0 Å². The van der Waals surface area contributed by atoms with E-state index in [1.165, 1.54) is 24.3 Å². The van der Waals surface area contributed by atoms with E-state index >= 15 is 0 Å². The molecule has 0 unspecified atom stereocenters. The van der Waals surface area contributed by atoms with E-state index in [-0.39, 0.29) is 29.2 Å². The molecule has 2 atom stereocenters. The number of fused-ring (bicyclic) bond motifs is 1. The average molecular weight is 394 g/mol. The van der Waals surface area contributed by atoms with Gasteiger partial charge in [-0.3, -0.25) is 9.59 Å². The number of likely N-dealkylation sites (tertiary alicyclic amines) is 1. The van der Waals surface area contributed by atoms with E-state index in [9.17, 15) is 23.1 Å². The van der Waals surface area contributed by atoms with Crippen LogP contribution in [0, 0.1) is 17.3 Å². The van der Waals surface area contributed by atoms with Gasteiger partial charge in [-0.25, -0.2) is 13.1 Å². The summed E-state index contributed by atoms with van der Waals surface area (Å²) in [6.45, 7) is 4.84. The van der Waals surface area contributed by atoms with Gasteiger partial charge in [-0.1, -0.05) is 20.3 Å². The lowest BCUT2D eigenvalue weighted by Crippen LogP contribution is -2.37. The molecule has 1 heterocycles. The molecule has 1 aromatic carbocycles. The first-order chi connectivity index (χ1) is 12.7. The number of carbonyl (C=O) groups is 2. The summed E-state index contributed by atoms with van der Waals surface area (Å²) >= 11 is 0. The van der Waals surface area contributed by atoms with Crippen LogP contribution in [0.2, 0.25) is 0 Å². The van der Waals surface area contributed by atoms with Gasteiger partial charge in [0.05, 0.1) is 10.3 Å². The van der Waals surface area contributed by atoms with Gasteiger partial charge in [0, 0.05) is 25.2 Å². The number of hydrogen-bond acceptors (Lipinski definition) is 4. The standard InChI is InChI=1S/C19H26N2O5S/c1-13(2)10-20-27(25,26)16-7-5-14(6-8-16)17(22)21-11-15-4-3-9-19(15,12-21)18(23)24/h5-8,13,15,20H,3-4,9-12H2,1-2H3,(H,23,24)/t15-,19+/m0/s1. The lowest BCUT2D eigenvalue weighted by Gasteiger charge is -2.23. The number of carboxylic acid groups (broad SMARTS) is 1. The summed E-state index contributed by atoms with van der Waals surface area (Å²) in [6.07, 6.45) is 2.32. The highest BCUT2D eigenvalue weighted by Gasteiger charge is 2.55. The van der Waals surface area contributed by atoms with E-state index in [1.807, 2.05) is 13.8 Å². The predicted octanol–water partition coefficient (Wildman–Crippen LogP) is 1.95. The third-order valence-corrected chi connectivity index (χ3v) is 7.12. The Kier molecular flexibility index (Phi) is 5.31. The van der Waals surface area contributed by atoms with Gasteiger partial charge in [0.2, 0.25) is 10.0 Å². The number of nitrogens with zero attached hydrogens (tertiary/aromatic N) is 1. The maximum atomic E-state index is 12.8. The Morgan fingerprint density at radius 1 is 1.30 bits per heavy atom. The Morgan fingerprint density at radius 2 is 1.96 bits per heavy atom. The molecule has 3 rings (SSSR count). The molecule has 7 nitrogen and oxygen atoms in total. The van der Waals surface area contributed by atoms with Gasteiger partial charge < -0.3 is 10.0 Å². The van der Waals surface area contributed by atoms with E-state index < -0.39 is 21.4 Å². The van der Waals surface area contributed by atoms with E-state index in [2.05, 4.69) is 4.72 Å². The molecular weight excluding hydrogens is 368 g/mol. The lowest BCUT2D eigenvalue weighted by molar-refractivity contribution is -0.149. The van der Waals surface area contributed by atoms with Gasteiger partial charge in [-0.15, -0.1) is 0 Å². The molecule has 0 radical (unpaired) electrons. The first-order valence-electron chi connectivity index (χ1n) is 9.28. The zero-order chi connectivity index (χ0) is 19.8. The summed E-state index contributed by atoms with van der Waals surface area (Å²) < 4.78 is 27.0. The molecule has 0 aromatic heterocycles. The van der Waals surface area contributed by atoms with Crippen LogP contribution in [0.15, 0.2) is 29.2 Å². The van der Waals surface area contributed by atoms with Crippen molar-refractivity contribution in [3.05, 3.63) is 29.8 Å². The van der Waals surface area contributed by atoms with Gasteiger partial charge in [0.25, 0.3) is 5.91 Å². The third-order valence-electron chi connectivity index (χ3n) is 5.68. The van der Waals surface area contributed by atoms with Crippen molar-refractivity contribution in [1.29, 1.82) is 0 Å². The van der Waals surface area contributed by atoms with Gasteiger partial charge in [0.1, 0.15) is 0 Å². The van der Waals surface area contributed by atoms with Crippen molar-refractivity contribution in [3.8, 4) is 0 Å². The van der Waals surface area contributed by atoms with Crippen LogP contribution in [0.5, 0.6) is 0 Å². The monoisotopic (exact) mass is 394 g/mol. The van der Waals surface area contributed by atoms with Crippen LogP contribution in [0.1, 0.15) is 43.5 Å². The van der Waals surface area contributed by atoms with Crippen LogP contribution < -0.4 is 4.72 Å². The first-order valence-corrected chi connectivity index (χ1v) is 10.8. The number of sulfonamides is 1. The van der Waals surface area contributed by atoms with Gasteiger partial charge >= 0.3 is 5.97 Å². The number of rotatable bonds is 6. The SMILES string of the molecule is CC(C)CNS(=O)(=O)c1ccc(C(=O)N2C[C@@H]3CCC[C@@]3(C(=O)O)C2)cc1. The fourth-order valence-corrected chi connectivity index (χ4v) is 5.33. The van der Waals surface area contributed by atoms with Gasteiger partial charge in [-0.2, -0.15) is 0 Å². The number of amides is 1. The van der Waals surface area contributed by atoms with Crippen molar-refractivity contribution in [2.75, 3.05) is 19.6 Å². The molecule has 148 valence electrons. The number of carboxylic acids is 1. The Bertz CT molecular complexity index is 834. The normalized spacial score (nSPS) is 25.0. The summed E-state index contributed by atoms with van der Waals surface area (Å²) in [7, 11) is -3.60. The second kappa shape index (κ2) is 7.24. The molecule has 2 N–H and O–H groups in total. The molecule has 1 amide bonds. The van der Waals surface area contributed by atoms with Crippen molar-refractivity contribution >= 4 is 21.9 Å². The smallest absolute Gasteiger partial charge is 0.311 e. The topological polar surface area (TPSA) is 104 Å². The molecular formula is C19H26N2O5S. The molecule has 0 spiro atoms. The van der Waals surface area contributed by atoms with Crippen LogP contribution >= 0.6 is 0 Å². The minimum atomic E-state index is -3.60. The molecule has 2 fully saturated rings. The van der Waals surface area contributed by atoms with E-state index in [0.717, 1.165) is 12.8 Å². The highest BCUT2D eigenvalue weighted by Crippen LogP contribution is 2.49. The number of hydrogen-bond donors (Lipinski definition) is 2. The second-order valence-electron chi connectivity index (χ2n) is 8.01.